The number of hydrogen-bond acceptors (Lipinski definition) is 2. The van der Waals surface area contributed by atoms with Gasteiger partial charge in [0.1, 0.15) is 0 Å². The zero-order valence-electron chi connectivity index (χ0n) is 10.4. The van der Waals surface area contributed by atoms with E-state index < -0.39 is 0 Å². The molecule has 2 heteroatoms. The van der Waals surface area contributed by atoms with Crippen LogP contribution in [-0.4, -0.2) is 6.54 Å². The van der Waals surface area contributed by atoms with Gasteiger partial charge in [0.05, 0.1) is 0 Å². The zero-order valence-corrected chi connectivity index (χ0v) is 11.3. The number of nitrogens with one attached hydrogen (secondary N) is 1. The molecule has 0 spiro atoms. The minimum atomic E-state index is 0.606. The highest BCUT2D eigenvalue weighted by Crippen LogP contribution is 2.17. The van der Waals surface area contributed by atoms with Gasteiger partial charge in [-0.05, 0) is 52.4 Å². The van der Waals surface area contributed by atoms with Gasteiger partial charge in [0.2, 0.25) is 0 Å². The highest BCUT2D eigenvalue weighted by molar-refractivity contribution is 7.07. The van der Waals surface area contributed by atoms with Gasteiger partial charge < -0.3 is 5.32 Å². The zero-order chi connectivity index (χ0) is 12.1. The van der Waals surface area contributed by atoms with E-state index in [1.165, 1.54) is 16.8 Å². The molecule has 0 aliphatic carbocycles. The average Bonchev–Trinajstić information content (AvgIpc) is 2.83. The summed E-state index contributed by atoms with van der Waals surface area (Å²) < 4.78 is 0. The maximum absolute atomic E-state index is 3.45. The third-order valence-electron chi connectivity index (χ3n) is 2.90. The first-order valence-corrected chi connectivity index (χ1v) is 7.05. The lowest BCUT2D eigenvalue weighted by molar-refractivity contribution is 0.866. The van der Waals surface area contributed by atoms with Gasteiger partial charge in [-0.25, -0.2) is 0 Å². The predicted molar refractivity (Wildman–Crippen MR) is 77.0 cm³/mol. The van der Waals surface area contributed by atoms with Crippen LogP contribution in [0.1, 0.15) is 30.9 Å². The molecule has 1 heterocycles. The van der Waals surface area contributed by atoms with Crippen molar-refractivity contribution in [3.05, 3.63) is 52.2 Å². The Bertz CT molecular complexity index is 428. The Hall–Kier alpha value is -1.28. The second-order valence-electron chi connectivity index (χ2n) is 4.59. The molecular formula is C15H19NS. The van der Waals surface area contributed by atoms with Crippen LogP contribution >= 0.6 is 11.3 Å². The standard InChI is InChI=1S/C15H19NS/c1-12(2)14-3-5-15(6-4-14)16-9-7-13-8-10-17-11-13/h3-6,8,10-12,16H,7,9H2,1-2H3. The van der Waals surface area contributed by atoms with E-state index >= 15 is 0 Å². The highest BCUT2D eigenvalue weighted by Gasteiger charge is 1.98. The van der Waals surface area contributed by atoms with Gasteiger partial charge in [-0.3, -0.25) is 0 Å². The van der Waals surface area contributed by atoms with Crippen molar-refractivity contribution in [2.75, 3.05) is 11.9 Å². The molecular weight excluding hydrogens is 226 g/mol. The minimum absolute atomic E-state index is 0.606. The van der Waals surface area contributed by atoms with Gasteiger partial charge in [0, 0.05) is 12.2 Å². The van der Waals surface area contributed by atoms with E-state index in [9.17, 15) is 0 Å². The predicted octanol–water partition coefficient (Wildman–Crippen LogP) is 4.53. The molecule has 90 valence electrons. The lowest BCUT2D eigenvalue weighted by Gasteiger charge is -2.08. The van der Waals surface area contributed by atoms with Crippen LogP contribution in [0.4, 0.5) is 5.69 Å². The summed E-state index contributed by atoms with van der Waals surface area (Å²) in [4.78, 5) is 0. The summed E-state index contributed by atoms with van der Waals surface area (Å²) in [7, 11) is 0. The molecule has 0 saturated carbocycles. The first-order valence-electron chi connectivity index (χ1n) is 6.10. The Labute approximate surface area is 108 Å². The molecule has 0 atom stereocenters. The molecule has 2 rings (SSSR count). The fraction of sp³-hybridized carbons (Fsp3) is 0.333. The van der Waals surface area contributed by atoms with Crippen LogP contribution < -0.4 is 5.32 Å². The third-order valence-corrected chi connectivity index (χ3v) is 3.63. The summed E-state index contributed by atoms with van der Waals surface area (Å²) in [6.45, 7) is 5.44. The first-order chi connectivity index (χ1) is 8.25. The molecule has 0 saturated heterocycles. The van der Waals surface area contributed by atoms with Crippen molar-refractivity contribution in [2.45, 2.75) is 26.2 Å². The Kier molecular flexibility index (Phi) is 4.21. The number of hydrogen-bond donors (Lipinski definition) is 1. The van der Waals surface area contributed by atoms with Gasteiger partial charge in [-0.2, -0.15) is 11.3 Å². The van der Waals surface area contributed by atoms with Gasteiger partial charge in [0.15, 0.2) is 0 Å². The van der Waals surface area contributed by atoms with Crippen molar-refractivity contribution < 1.29 is 0 Å². The summed E-state index contributed by atoms with van der Waals surface area (Å²) in [6.07, 6.45) is 1.09. The van der Waals surface area contributed by atoms with Crippen molar-refractivity contribution in [1.29, 1.82) is 0 Å². The Balaban J connectivity index is 1.83. The smallest absolute Gasteiger partial charge is 0.0340 e. The molecule has 1 aromatic heterocycles. The van der Waals surface area contributed by atoms with Gasteiger partial charge >= 0.3 is 0 Å². The molecule has 0 amide bonds. The second kappa shape index (κ2) is 5.87. The van der Waals surface area contributed by atoms with Crippen molar-refractivity contribution in [3.63, 3.8) is 0 Å². The maximum atomic E-state index is 3.45. The van der Waals surface area contributed by atoms with Gasteiger partial charge in [-0.15, -0.1) is 0 Å². The fourth-order valence-corrected chi connectivity index (χ4v) is 2.48. The molecule has 0 bridgehead atoms. The molecule has 1 nitrogen and oxygen atoms in total. The van der Waals surface area contributed by atoms with Crippen LogP contribution in [0.3, 0.4) is 0 Å². The van der Waals surface area contributed by atoms with Crippen molar-refractivity contribution in [1.82, 2.24) is 0 Å². The fourth-order valence-electron chi connectivity index (χ4n) is 1.77. The minimum Gasteiger partial charge on any atom is -0.385 e. The summed E-state index contributed by atoms with van der Waals surface area (Å²) in [5.74, 6) is 0.606. The van der Waals surface area contributed by atoms with Crippen molar-refractivity contribution >= 4 is 17.0 Å². The van der Waals surface area contributed by atoms with E-state index in [0.29, 0.717) is 5.92 Å². The molecule has 1 N–H and O–H groups in total. The third kappa shape index (κ3) is 3.60. The van der Waals surface area contributed by atoms with E-state index in [0.717, 1.165) is 13.0 Å². The van der Waals surface area contributed by atoms with Crippen LogP contribution in [0.5, 0.6) is 0 Å². The Morgan fingerprint density at radius 3 is 2.47 bits per heavy atom. The van der Waals surface area contributed by atoms with Crippen molar-refractivity contribution in [2.24, 2.45) is 0 Å². The molecule has 17 heavy (non-hydrogen) atoms. The SMILES string of the molecule is CC(C)c1ccc(NCCc2ccsc2)cc1. The summed E-state index contributed by atoms with van der Waals surface area (Å²) in [6, 6.07) is 10.9. The monoisotopic (exact) mass is 245 g/mol. The average molecular weight is 245 g/mol. The van der Waals surface area contributed by atoms with Crippen LogP contribution in [0.15, 0.2) is 41.1 Å². The molecule has 2 aromatic rings. The molecule has 0 aliphatic heterocycles. The summed E-state index contributed by atoms with van der Waals surface area (Å²) >= 11 is 1.76. The normalized spacial score (nSPS) is 10.8. The highest BCUT2D eigenvalue weighted by atomic mass is 32.1. The maximum Gasteiger partial charge on any atom is 0.0340 e. The van der Waals surface area contributed by atoms with E-state index in [2.05, 4.69) is 60.3 Å². The second-order valence-corrected chi connectivity index (χ2v) is 5.37. The number of rotatable bonds is 5. The molecule has 0 fully saturated rings. The lowest BCUT2D eigenvalue weighted by atomic mass is 10.0. The van der Waals surface area contributed by atoms with E-state index in [-0.39, 0.29) is 0 Å². The van der Waals surface area contributed by atoms with E-state index in [1.807, 2.05) is 0 Å². The van der Waals surface area contributed by atoms with E-state index in [1.54, 1.807) is 11.3 Å². The topological polar surface area (TPSA) is 12.0 Å². The van der Waals surface area contributed by atoms with Gasteiger partial charge in [0.25, 0.3) is 0 Å². The molecule has 0 radical (unpaired) electrons. The molecule has 0 aliphatic rings. The largest absolute Gasteiger partial charge is 0.385 e. The van der Waals surface area contributed by atoms with Crippen LogP contribution in [0, 0.1) is 0 Å². The number of anilines is 1. The van der Waals surface area contributed by atoms with Crippen LogP contribution in [-0.2, 0) is 6.42 Å². The first kappa shape index (κ1) is 12.2. The van der Waals surface area contributed by atoms with E-state index in [4.69, 9.17) is 0 Å². The summed E-state index contributed by atoms with van der Waals surface area (Å²) in [5.41, 5.74) is 4.03. The lowest BCUT2D eigenvalue weighted by Crippen LogP contribution is -2.04. The summed E-state index contributed by atoms with van der Waals surface area (Å²) in [5, 5.41) is 7.80. The van der Waals surface area contributed by atoms with Gasteiger partial charge in [-0.1, -0.05) is 26.0 Å². The quantitative estimate of drug-likeness (QED) is 0.816. The van der Waals surface area contributed by atoms with Crippen LogP contribution in [0.2, 0.25) is 0 Å². The molecule has 0 unspecified atom stereocenters. The number of thiophene rings is 1. The Morgan fingerprint density at radius 1 is 1.12 bits per heavy atom. The van der Waals surface area contributed by atoms with Crippen LogP contribution in [0.25, 0.3) is 0 Å². The number of benzene rings is 1. The molecule has 1 aromatic carbocycles. The van der Waals surface area contributed by atoms with Crippen molar-refractivity contribution in [3.8, 4) is 0 Å². The Morgan fingerprint density at radius 2 is 1.88 bits per heavy atom.